The lowest BCUT2D eigenvalue weighted by Gasteiger charge is -2.05. The van der Waals surface area contributed by atoms with Crippen molar-refractivity contribution >= 4 is 29.5 Å². The Labute approximate surface area is 132 Å². The molecule has 112 valence electrons. The third-order valence-corrected chi connectivity index (χ3v) is 4.52. The van der Waals surface area contributed by atoms with Gasteiger partial charge in [0.1, 0.15) is 0 Å². The van der Waals surface area contributed by atoms with Gasteiger partial charge in [0.15, 0.2) is 3.95 Å². The van der Waals surface area contributed by atoms with Crippen molar-refractivity contribution in [3.05, 3.63) is 49.9 Å². The molecule has 0 unspecified atom stereocenters. The number of carbonyl (C=O) groups is 1. The fraction of sp³-hybridized carbons (Fsp3) is 0.333. The molecule has 0 saturated heterocycles. The van der Waals surface area contributed by atoms with Gasteiger partial charge in [0.05, 0.1) is 13.0 Å². The van der Waals surface area contributed by atoms with Crippen molar-refractivity contribution in [2.45, 2.75) is 26.4 Å². The maximum atomic E-state index is 11.9. The van der Waals surface area contributed by atoms with E-state index in [9.17, 15) is 4.79 Å². The van der Waals surface area contributed by atoms with E-state index < -0.39 is 0 Å². The fourth-order valence-corrected chi connectivity index (χ4v) is 3.26. The van der Waals surface area contributed by atoms with Crippen LogP contribution in [0.2, 0.25) is 0 Å². The molecule has 0 bridgehead atoms. The summed E-state index contributed by atoms with van der Waals surface area (Å²) in [4.78, 5) is 15.9. The van der Waals surface area contributed by atoms with Crippen LogP contribution in [0.3, 0.4) is 0 Å². The first-order valence-electron chi connectivity index (χ1n) is 6.72. The van der Waals surface area contributed by atoms with E-state index in [1.807, 2.05) is 31.2 Å². The lowest BCUT2D eigenvalue weighted by molar-refractivity contribution is -0.120. The SMILES string of the molecule is Cc1[nH]c(=S)sc1CC(=O)NCCc1ccc(CO)cc1. The Balaban J connectivity index is 1.78. The second-order valence-corrected chi connectivity index (χ2v) is 6.59. The van der Waals surface area contributed by atoms with Crippen molar-refractivity contribution < 1.29 is 9.90 Å². The van der Waals surface area contributed by atoms with Gasteiger partial charge in [-0.15, -0.1) is 11.3 Å². The first kappa shape index (κ1) is 15.9. The van der Waals surface area contributed by atoms with E-state index in [2.05, 4.69) is 10.3 Å². The predicted octanol–water partition coefficient (Wildman–Crippen LogP) is 2.51. The Morgan fingerprint density at radius 1 is 1.33 bits per heavy atom. The van der Waals surface area contributed by atoms with Gasteiger partial charge in [-0.1, -0.05) is 24.3 Å². The molecule has 6 heteroatoms. The molecule has 1 aromatic carbocycles. The summed E-state index contributed by atoms with van der Waals surface area (Å²) in [5.41, 5.74) is 3.01. The standard InChI is InChI=1S/C15H18N2O2S2/c1-10-13(21-15(20)17-10)8-14(19)16-7-6-11-2-4-12(9-18)5-3-11/h2-5,18H,6-9H2,1H3,(H,16,19)(H,17,20). The van der Waals surface area contributed by atoms with Crippen LogP contribution in [-0.2, 0) is 24.2 Å². The number of hydrogen-bond acceptors (Lipinski definition) is 4. The molecule has 3 N–H and O–H groups in total. The third kappa shape index (κ3) is 4.77. The third-order valence-electron chi connectivity index (χ3n) is 3.19. The predicted molar refractivity (Wildman–Crippen MR) is 87.0 cm³/mol. The molecule has 0 fully saturated rings. The molecule has 1 aromatic heterocycles. The number of nitrogens with one attached hydrogen (secondary N) is 2. The Hall–Kier alpha value is -1.50. The van der Waals surface area contributed by atoms with Gasteiger partial charge in [0, 0.05) is 17.1 Å². The molecule has 1 heterocycles. The summed E-state index contributed by atoms with van der Waals surface area (Å²) in [7, 11) is 0. The minimum Gasteiger partial charge on any atom is -0.392 e. The van der Waals surface area contributed by atoms with Crippen molar-refractivity contribution in [1.29, 1.82) is 0 Å². The number of aliphatic hydroxyl groups excluding tert-OH is 1. The minimum atomic E-state index is 0.00956. The largest absolute Gasteiger partial charge is 0.392 e. The van der Waals surface area contributed by atoms with E-state index in [0.29, 0.717) is 16.9 Å². The molecule has 0 aliphatic heterocycles. The van der Waals surface area contributed by atoms with E-state index in [-0.39, 0.29) is 12.5 Å². The normalized spacial score (nSPS) is 10.6. The topological polar surface area (TPSA) is 65.1 Å². The van der Waals surface area contributed by atoms with Crippen LogP contribution in [0.5, 0.6) is 0 Å². The first-order chi connectivity index (χ1) is 10.1. The van der Waals surface area contributed by atoms with E-state index in [4.69, 9.17) is 17.3 Å². The fourth-order valence-electron chi connectivity index (χ4n) is 1.97. The Kier molecular flexibility index (Phi) is 5.67. The van der Waals surface area contributed by atoms with Crippen LogP contribution in [0.15, 0.2) is 24.3 Å². The van der Waals surface area contributed by atoms with Crippen LogP contribution in [0, 0.1) is 10.9 Å². The molecule has 4 nitrogen and oxygen atoms in total. The average Bonchev–Trinajstić information content (AvgIpc) is 2.77. The zero-order valence-corrected chi connectivity index (χ0v) is 13.4. The lowest BCUT2D eigenvalue weighted by atomic mass is 10.1. The highest BCUT2D eigenvalue weighted by Crippen LogP contribution is 2.14. The summed E-state index contributed by atoms with van der Waals surface area (Å²) >= 11 is 6.51. The van der Waals surface area contributed by atoms with Gasteiger partial charge < -0.3 is 15.4 Å². The van der Waals surface area contributed by atoms with Crippen molar-refractivity contribution in [3.8, 4) is 0 Å². The van der Waals surface area contributed by atoms with Crippen molar-refractivity contribution in [3.63, 3.8) is 0 Å². The summed E-state index contributed by atoms with van der Waals surface area (Å²) < 4.78 is 0.708. The lowest BCUT2D eigenvalue weighted by Crippen LogP contribution is -2.27. The van der Waals surface area contributed by atoms with Gasteiger partial charge in [0.25, 0.3) is 0 Å². The summed E-state index contributed by atoms with van der Waals surface area (Å²) in [6.07, 6.45) is 1.15. The molecule has 21 heavy (non-hydrogen) atoms. The van der Waals surface area contributed by atoms with Gasteiger partial charge >= 0.3 is 0 Å². The minimum absolute atomic E-state index is 0.00956. The van der Waals surface area contributed by atoms with Gasteiger partial charge in [-0.3, -0.25) is 4.79 Å². The molecule has 0 aliphatic carbocycles. The summed E-state index contributed by atoms with van der Waals surface area (Å²) in [5.74, 6) is 0.00956. The van der Waals surface area contributed by atoms with E-state index in [1.165, 1.54) is 11.3 Å². The number of thiazole rings is 1. The second-order valence-electron chi connectivity index (χ2n) is 4.81. The number of benzene rings is 1. The number of carbonyl (C=O) groups excluding carboxylic acids is 1. The summed E-state index contributed by atoms with van der Waals surface area (Å²) in [6, 6.07) is 7.74. The Bertz CT molecular complexity index is 659. The van der Waals surface area contributed by atoms with Crippen LogP contribution in [0.4, 0.5) is 0 Å². The molecule has 0 atom stereocenters. The smallest absolute Gasteiger partial charge is 0.225 e. The zero-order valence-electron chi connectivity index (χ0n) is 11.8. The number of aryl methyl sites for hydroxylation is 1. The van der Waals surface area contributed by atoms with Crippen LogP contribution >= 0.6 is 23.6 Å². The van der Waals surface area contributed by atoms with Gasteiger partial charge in [-0.05, 0) is 36.7 Å². The van der Waals surface area contributed by atoms with Crippen molar-refractivity contribution in [2.75, 3.05) is 6.54 Å². The molecular weight excluding hydrogens is 304 g/mol. The number of amides is 1. The Morgan fingerprint density at radius 2 is 2.00 bits per heavy atom. The van der Waals surface area contributed by atoms with Crippen LogP contribution in [-0.4, -0.2) is 22.5 Å². The molecule has 2 rings (SSSR count). The van der Waals surface area contributed by atoms with Gasteiger partial charge in [-0.25, -0.2) is 0 Å². The maximum Gasteiger partial charge on any atom is 0.225 e. The molecule has 1 amide bonds. The molecule has 0 aliphatic rings. The molecule has 0 spiro atoms. The zero-order chi connectivity index (χ0) is 15.2. The van der Waals surface area contributed by atoms with Gasteiger partial charge in [0.2, 0.25) is 5.91 Å². The first-order valence-corrected chi connectivity index (χ1v) is 7.95. The number of aliphatic hydroxyl groups is 1. The van der Waals surface area contributed by atoms with Crippen LogP contribution < -0.4 is 5.32 Å². The molecule has 0 radical (unpaired) electrons. The number of hydrogen-bond donors (Lipinski definition) is 3. The monoisotopic (exact) mass is 322 g/mol. The highest BCUT2D eigenvalue weighted by Gasteiger charge is 2.08. The Morgan fingerprint density at radius 3 is 2.57 bits per heavy atom. The van der Waals surface area contributed by atoms with Gasteiger partial charge in [-0.2, -0.15) is 0 Å². The molecular formula is C15H18N2O2S2. The van der Waals surface area contributed by atoms with Crippen LogP contribution in [0.25, 0.3) is 0 Å². The van der Waals surface area contributed by atoms with E-state index in [1.54, 1.807) is 0 Å². The van der Waals surface area contributed by atoms with Crippen molar-refractivity contribution in [1.82, 2.24) is 10.3 Å². The summed E-state index contributed by atoms with van der Waals surface area (Å²) in [5, 5.41) is 11.9. The molecule has 0 saturated carbocycles. The van der Waals surface area contributed by atoms with E-state index in [0.717, 1.165) is 28.1 Å². The highest BCUT2D eigenvalue weighted by atomic mass is 32.1. The molecule has 2 aromatic rings. The van der Waals surface area contributed by atoms with Crippen molar-refractivity contribution in [2.24, 2.45) is 0 Å². The number of H-pyrrole nitrogens is 1. The maximum absolute atomic E-state index is 11.9. The quantitative estimate of drug-likeness (QED) is 0.716. The van der Waals surface area contributed by atoms with Crippen LogP contribution in [0.1, 0.15) is 21.7 Å². The highest BCUT2D eigenvalue weighted by molar-refractivity contribution is 7.73. The average molecular weight is 322 g/mol. The summed E-state index contributed by atoms with van der Waals surface area (Å²) in [6.45, 7) is 2.59. The number of rotatable bonds is 6. The second kappa shape index (κ2) is 7.49. The van der Waals surface area contributed by atoms with E-state index >= 15 is 0 Å². The number of aromatic amines is 1. The number of aromatic nitrogens is 1.